The number of benzene rings is 1. The zero-order valence-corrected chi connectivity index (χ0v) is 16.7. The van der Waals surface area contributed by atoms with E-state index in [2.05, 4.69) is 15.2 Å². The molecular formula is C23H21F2N3O3. The third kappa shape index (κ3) is 3.78. The number of rotatable bonds is 5. The van der Waals surface area contributed by atoms with Crippen LogP contribution in [0.5, 0.6) is 11.5 Å². The SMILES string of the molecule is Oc1c(C=C2N=Nc3ncccc32)oc2c(CC3CCCCC3)c(OC(F)F)ccc12. The van der Waals surface area contributed by atoms with E-state index in [9.17, 15) is 13.9 Å². The first-order valence-electron chi connectivity index (χ1n) is 10.4. The first-order chi connectivity index (χ1) is 15.1. The summed E-state index contributed by atoms with van der Waals surface area (Å²) in [6.07, 6.45) is 9.32. The molecule has 31 heavy (non-hydrogen) atoms. The van der Waals surface area contributed by atoms with Crippen LogP contribution in [0.1, 0.15) is 49.0 Å². The van der Waals surface area contributed by atoms with E-state index >= 15 is 0 Å². The Kier molecular flexibility index (Phi) is 5.13. The van der Waals surface area contributed by atoms with Gasteiger partial charge in [-0.05, 0) is 36.6 Å². The number of fused-ring (bicyclic) bond motifs is 2. The van der Waals surface area contributed by atoms with Crippen molar-refractivity contribution in [2.45, 2.75) is 45.1 Å². The summed E-state index contributed by atoms with van der Waals surface area (Å²) < 4.78 is 36.9. The number of ether oxygens (including phenoxy) is 1. The van der Waals surface area contributed by atoms with Crippen LogP contribution in [0.3, 0.4) is 0 Å². The average Bonchev–Trinajstić information content (AvgIpc) is 3.32. The van der Waals surface area contributed by atoms with Gasteiger partial charge >= 0.3 is 6.61 Å². The fourth-order valence-corrected chi connectivity index (χ4v) is 4.44. The number of alkyl halides is 2. The molecule has 1 aliphatic carbocycles. The Bertz CT molecular complexity index is 1180. The normalized spacial score (nSPS) is 17.7. The molecule has 1 aromatic carbocycles. The van der Waals surface area contributed by atoms with Crippen LogP contribution in [0.15, 0.2) is 45.1 Å². The standard InChI is InChI=1S/C23H21F2N3O3/c24-23(25)31-18-9-8-15-20(29)19(12-17-14-7-4-10-26-22(14)28-27-17)30-21(15)16(18)11-13-5-2-1-3-6-13/h4,7-10,12-13,23,29H,1-3,5-6,11H2. The van der Waals surface area contributed by atoms with E-state index in [1.54, 1.807) is 24.4 Å². The Morgan fingerprint density at radius 1 is 1.16 bits per heavy atom. The Labute approximate surface area is 177 Å². The summed E-state index contributed by atoms with van der Waals surface area (Å²) in [7, 11) is 0. The van der Waals surface area contributed by atoms with Crippen molar-refractivity contribution in [3.8, 4) is 11.5 Å². The number of aromatic nitrogens is 1. The molecule has 1 saturated carbocycles. The lowest BCUT2D eigenvalue weighted by molar-refractivity contribution is -0.0505. The van der Waals surface area contributed by atoms with Crippen molar-refractivity contribution in [1.82, 2.24) is 4.98 Å². The van der Waals surface area contributed by atoms with Crippen LogP contribution in [-0.2, 0) is 6.42 Å². The molecule has 1 aliphatic heterocycles. The first-order valence-corrected chi connectivity index (χ1v) is 10.4. The summed E-state index contributed by atoms with van der Waals surface area (Å²) in [5.41, 5.74) is 2.18. The summed E-state index contributed by atoms with van der Waals surface area (Å²) in [5, 5.41) is 19.4. The second kappa shape index (κ2) is 8.09. The van der Waals surface area contributed by atoms with Crippen molar-refractivity contribution >= 4 is 28.6 Å². The minimum Gasteiger partial charge on any atom is -0.504 e. The van der Waals surface area contributed by atoms with Crippen LogP contribution in [0, 0.1) is 5.92 Å². The van der Waals surface area contributed by atoms with Gasteiger partial charge in [0.1, 0.15) is 17.0 Å². The number of nitrogens with zero attached hydrogens (tertiary/aromatic N) is 3. The van der Waals surface area contributed by atoms with E-state index < -0.39 is 6.61 Å². The molecule has 3 aromatic rings. The molecule has 0 saturated heterocycles. The zero-order valence-electron chi connectivity index (χ0n) is 16.7. The molecule has 2 aliphatic rings. The molecule has 1 fully saturated rings. The number of furan rings is 1. The monoisotopic (exact) mass is 425 g/mol. The lowest BCUT2D eigenvalue weighted by Crippen LogP contribution is -2.11. The number of azo groups is 1. The minimum atomic E-state index is -2.93. The molecule has 3 heterocycles. The van der Waals surface area contributed by atoms with Crippen LogP contribution in [-0.4, -0.2) is 16.7 Å². The fourth-order valence-electron chi connectivity index (χ4n) is 4.44. The molecule has 0 radical (unpaired) electrons. The number of hydrogen-bond acceptors (Lipinski definition) is 6. The summed E-state index contributed by atoms with van der Waals surface area (Å²) in [6, 6.07) is 6.63. The van der Waals surface area contributed by atoms with Gasteiger partial charge in [0.05, 0.1) is 5.39 Å². The third-order valence-electron chi connectivity index (χ3n) is 5.93. The highest BCUT2D eigenvalue weighted by molar-refractivity contribution is 5.95. The van der Waals surface area contributed by atoms with Crippen LogP contribution in [0.25, 0.3) is 22.7 Å². The molecular weight excluding hydrogens is 404 g/mol. The molecule has 8 heteroatoms. The van der Waals surface area contributed by atoms with E-state index in [0.717, 1.165) is 31.2 Å². The summed E-state index contributed by atoms with van der Waals surface area (Å²) in [5.74, 6) is 1.09. The topological polar surface area (TPSA) is 80.2 Å². The zero-order chi connectivity index (χ0) is 21.4. The quantitative estimate of drug-likeness (QED) is 0.485. The Hall–Kier alpha value is -3.29. The molecule has 0 spiro atoms. The number of aromatic hydroxyl groups is 1. The molecule has 6 nitrogen and oxygen atoms in total. The first kappa shape index (κ1) is 19.7. The van der Waals surface area contributed by atoms with Crippen LogP contribution >= 0.6 is 0 Å². The third-order valence-corrected chi connectivity index (χ3v) is 5.93. The summed E-state index contributed by atoms with van der Waals surface area (Å²) >= 11 is 0. The summed E-state index contributed by atoms with van der Waals surface area (Å²) in [4.78, 5) is 4.15. The second-order valence-electron chi connectivity index (χ2n) is 7.92. The smallest absolute Gasteiger partial charge is 0.387 e. The predicted octanol–water partition coefficient (Wildman–Crippen LogP) is 6.85. The van der Waals surface area contributed by atoms with Gasteiger partial charge in [-0.15, -0.1) is 10.2 Å². The Balaban J connectivity index is 1.59. The lowest BCUT2D eigenvalue weighted by atomic mass is 9.84. The molecule has 2 aromatic heterocycles. The number of halogens is 2. The van der Waals surface area contributed by atoms with Crippen molar-refractivity contribution in [3.05, 3.63) is 47.3 Å². The maximum atomic E-state index is 13.0. The largest absolute Gasteiger partial charge is 0.504 e. The van der Waals surface area contributed by atoms with E-state index in [-0.39, 0.29) is 17.3 Å². The van der Waals surface area contributed by atoms with Gasteiger partial charge in [0.2, 0.25) is 0 Å². The highest BCUT2D eigenvalue weighted by Crippen LogP contribution is 2.43. The van der Waals surface area contributed by atoms with Gasteiger partial charge in [0.15, 0.2) is 17.3 Å². The number of hydrogen-bond donors (Lipinski definition) is 1. The van der Waals surface area contributed by atoms with Gasteiger partial charge in [0.25, 0.3) is 0 Å². The average molecular weight is 425 g/mol. The van der Waals surface area contributed by atoms with Crippen molar-refractivity contribution < 1.29 is 23.0 Å². The molecule has 5 rings (SSSR count). The maximum absolute atomic E-state index is 13.0. The molecule has 0 atom stereocenters. The molecule has 0 unspecified atom stereocenters. The lowest BCUT2D eigenvalue weighted by Gasteiger charge is -2.22. The highest BCUT2D eigenvalue weighted by atomic mass is 19.3. The van der Waals surface area contributed by atoms with Gasteiger partial charge in [-0.1, -0.05) is 32.1 Å². The molecule has 1 N–H and O–H groups in total. The van der Waals surface area contributed by atoms with Crippen LogP contribution in [0.2, 0.25) is 0 Å². The maximum Gasteiger partial charge on any atom is 0.387 e. The van der Waals surface area contributed by atoms with Crippen molar-refractivity contribution in [3.63, 3.8) is 0 Å². The molecule has 160 valence electrons. The van der Waals surface area contributed by atoms with Gasteiger partial charge in [-0.25, -0.2) is 4.98 Å². The Morgan fingerprint density at radius 3 is 2.81 bits per heavy atom. The van der Waals surface area contributed by atoms with Gasteiger partial charge in [0, 0.05) is 23.4 Å². The van der Waals surface area contributed by atoms with Gasteiger partial charge in [-0.3, -0.25) is 0 Å². The van der Waals surface area contributed by atoms with Crippen LogP contribution < -0.4 is 4.74 Å². The number of pyridine rings is 1. The van der Waals surface area contributed by atoms with E-state index in [4.69, 9.17) is 9.15 Å². The van der Waals surface area contributed by atoms with Gasteiger partial charge < -0.3 is 14.3 Å². The van der Waals surface area contributed by atoms with E-state index in [0.29, 0.717) is 40.4 Å². The summed E-state index contributed by atoms with van der Waals surface area (Å²) in [6.45, 7) is -2.93. The predicted molar refractivity (Wildman–Crippen MR) is 111 cm³/mol. The fraction of sp³-hybridized carbons (Fsp3) is 0.348. The minimum absolute atomic E-state index is 0.0662. The van der Waals surface area contributed by atoms with Crippen molar-refractivity contribution in [2.75, 3.05) is 0 Å². The second-order valence-corrected chi connectivity index (χ2v) is 7.92. The Morgan fingerprint density at radius 2 is 2.00 bits per heavy atom. The molecule has 0 amide bonds. The van der Waals surface area contributed by atoms with E-state index in [1.165, 1.54) is 12.5 Å². The highest BCUT2D eigenvalue weighted by Gasteiger charge is 2.25. The van der Waals surface area contributed by atoms with E-state index in [1.807, 2.05) is 6.07 Å². The van der Waals surface area contributed by atoms with Crippen LogP contribution in [0.4, 0.5) is 14.6 Å². The van der Waals surface area contributed by atoms with Crippen molar-refractivity contribution in [2.24, 2.45) is 16.1 Å². The van der Waals surface area contributed by atoms with Gasteiger partial charge in [-0.2, -0.15) is 8.78 Å². The molecule has 0 bridgehead atoms. The van der Waals surface area contributed by atoms with Crippen molar-refractivity contribution in [1.29, 1.82) is 0 Å².